The van der Waals surface area contributed by atoms with Gasteiger partial charge in [-0.1, -0.05) is 17.2 Å². The highest BCUT2D eigenvalue weighted by Gasteiger charge is 2.21. The van der Waals surface area contributed by atoms with Crippen LogP contribution in [0, 0.1) is 6.92 Å². The second-order valence-electron chi connectivity index (χ2n) is 6.28. The van der Waals surface area contributed by atoms with Crippen LogP contribution in [0.2, 0.25) is 0 Å². The Bertz CT molecular complexity index is 698. The molecule has 1 atom stereocenters. The number of likely N-dealkylation sites (tertiary alicyclic amines) is 1. The van der Waals surface area contributed by atoms with Gasteiger partial charge >= 0.3 is 0 Å². The maximum atomic E-state index is 12.0. The summed E-state index contributed by atoms with van der Waals surface area (Å²) in [5.41, 5.74) is 0. The summed E-state index contributed by atoms with van der Waals surface area (Å²) in [6.45, 7) is 6.54. The summed E-state index contributed by atoms with van der Waals surface area (Å²) >= 11 is 0. The number of hydrogen-bond donors (Lipinski definition) is 2. The molecule has 1 saturated heterocycles. The van der Waals surface area contributed by atoms with Gasteiger partial charge in [0.25, 0.3) is 0 Å². The van der Waals surface area contributed by atoms with Crippen LogP contribution in [0.25, 0.3) is 0 Å². The fourth-order valence-electron chi connectivity index (χ4n) is 2.91. The lowest BCUT2D eigenvalue weighted by Crippen LogP contribution is -2.47. The van der Waals surface area contributed by atoms with Gasteiger partial charge in [0.05, 0.1) is 13.1 Å². The molecule has 1 aliphatic rings. The van der Waals surface area contributed by atoms with Crippen molar-refractivity contribution < 1.29 is 13.8 Å². The molecule has 3 rings (SSSR count). The standard InChI is InChI=1S/C16H24N6O3/c1-3-16-19-14(21-25-16)10-22-6-4-5-12(9-22)17-8-15(23)18-13-7-11(2)24-20-13/h7,12,17H,3-6,8-10H2,1-2H3,(H,18,20,23)/t12-/m1/s1. The van der Waals surface area contributed by atoms with Gasteiger partial charge in [-0.3, -0.25) is 9.69 Å². The summed E-state index contributed by atoms with van der Waals surface area (Å²) in [6, 6.07) is 1.95. The van der Waals surface area contributed by atoms with Crippen molar-refractivity contribution in [3.8, 4) is 0 Å². The van der Waals surface area contributed by atoms with Crippen molar-refractivity contribution in [3.63, 3.8) is 0 Å². The molecule has 2 aromatic heterocycles. The predicted octanol–water partition coefficient (Wildman–Crippen LogP) is 1.12. The number of carbonyl (C=O) groups excluding carboxylic acids is 1. The van der Waals surface area contributed by atoms with E-state index in [-0.39, 0.29) is 18.5 Å². The quantitative estimate of drug-likeness (QED) is 0.766. The molecule has 2 aromatic rings. The van der Waals surface area contributed by atoms with Gasteiger partial charge in [-0.05, 0) is 26.3 Å². The highest BCUT2D eigenvalue weighted by molar-refractivity contribution is 5.91. The smallest absolute Gasteiger partial charge is 0.239 e. The molecule has 1 fully saturated rings. The summed E-state index contributed by atoms with van der Waals surface area (Å²) in [5.74, 6) is 2.37. The Morgan fingerprint density at radius 2 is 2.28 bits per heavy atom. The molecule has 9 nitrogen and oxygen atoms in total. The molecule has 0 unspecified atom stereocenters. The number of carbonyl (C=O) groups is 1. The first kappa shape index (κ1) is 17.6. The van der Waals surface area contributed by atoms with Gasteiger partial charge in [-0.15, -0.1) is 0 Å². The zero-order valence-electron chi connectivity index (χ0n) is 14.6. The largest absolute Gasteiger partial charge is 0.360 e. The first-order chi connectivity index (χ1) is 12.1. The summed E-state index contributed by atoms with van der Waals surface area (Å²) in [5, 5.41) is 13.8. The van der Waals surface area contributed by atoms with Crippen molar-refractivity contribution in [1.82, 2.24) is 25.5 Å². The molecule has 0 bridgehead atoms. The Hall–Kier alpha value is -2.26. The molecule has 2 N–H and O–H groups in total. The lowest BCUT2D eigenvalue weighted by atomic mass is 10.1. The number of amides is 1. The van der Waals surface area contributed by atoms with E-state index in [0.29, 0.717) is 24.0 Å². The maximum Gasteiger partial charge on any atom is 0.239 e. The summed E-state index contributed by atoms with van der Waals surface area (Å²) in [6.07, 6.45) is 2.86. The lowest BCUT2D eigenvalue weighted by molar-refractivity contribution is -0.115. The van der Waals surface area contributed by atoms with Crippen molar-refractivity contribution in [3.05, 3.63) is 23.5 Å². The monoisotopic (exact) mass is 348 g/mol. The number of aromatic nitrogens is 3. The average Bonchev–Trinajstić information content (AvgIpc) is 3.22. The molecule has 136 valence electrons. The first-order valence-electron chi connectivity index (χ1n) is 8.62. The number of rotatable bonds is 7. The van der Waals surface area contributed by atoms with Crippen molar-refractivity contribution in [2.75, 3.05) is 25.0 Å². The normalized spacial score (nSPS) is 18.4. The molecule has 0 aliphatic carbocycles. The topological polar surface area (TPSA) is 109 Å². The van der Waals surface area contributed by atoms with Crippen LogP contribution in [0.1, 0.15) is 37.2 Å². The van der Waals surface area contributed by atoms with E-state index in [1.54, 1.807) is 13.0 Å². The van der Waals surface area contributed by atoms with Crippen LogP contribution in [0.15, 0.2) is 15.1 Å². The van der Waals surface area contributed by atoms with Gasteiger partial charge in [0, 0.05) is 25.1 Å². The molecule has 0 radical (unpaired) electrons. The van der Waals surface area contributed by atoms with Gasteiger partial charge < -0.3 is 19.7 Å². The molecular weight excluding hydrogens is 324 g/mol. The Labute approximate surface area is 146 Å². The average molecular weight is 348 g/mol. The minimum Gasteiger partial charge on any atom is -0.360 e. The van der Waals surface area contributed by atoms with Gasteiger partial charge in [-0.2, -0.15) is 4.98 Å². The van der Waals surface area contributed by atoms with Crippen molar-refractivity contribution in [1.29, 1.82) is 0 Å². The SMILES string of the molecule is CCc1nc(CN2CCC[C@@H](NCC(=O)Nc3cc(C)on3)C2)no1. The van der Waals surface area contributed by atoms with E-state index < -0.39 is 0 Å². The Balaban J connectivity index is 1.42. The number of anilines is 1. The van der Waals surface area contributed by atoms with Crippen LogP contribution in [0.3, 0.4) is 0 Å². The minimum absolute atomic E-state index is 0.129. The van der Waals surface area contributed by atoms with E-state index in [1.807, 2.05) is 6.92 Å². The second kappa shape index (κ2) is 8.21. The third-order valence-electron chi connectivity index (χ3n) is 4.13. The predicted molar refractivity (Wildman–Crippen MR) is 89.8 cm³/mol. The van der Waals surface area contributed by atoms with Crippen LogP contribution in [-0.4, -0.2) is 51.8 Å². The zero-order chi connectivity index (χ0) is 17.6. The number of hydrogen-bond acceptors (Lipinski definition) is 8. The van der Waals surface area contributed by atoms with E-state index >= 15 is 0 Å². The van der Waals surface area contributed by atoms with Crippen molar-refractivity contribution >= 4 is 11.7 Å². The lowest BCUT2D eigenvalue weighted by Gasteiger charge is -2.32. The fraction of sp³-hybridized carbons (Fsp3) is 0.625. The number of piperidine rings is 1. The van der Waals surface area contributed by atoms with Crippen molar-refractivity contribution in [2.24, 2.45) is 0 Å². The molecular formula is C16H24N6O3. The molecule has 25 heavy (non-hydrogen) atoms. The van der Waals surface area contributed by atoms with Gasteiger partial charge in [0.1, 0.15) is 5.76 Å². The van der Waals surface area contributed by atoms with Gasteiger partial charge in [0.2, 0.25) is 11.8 Å². The zero-order valence-corrected chi connectivity index (χ0v) is 14.6. The maximum absolute atomic E-state index is 12.0. The number of nitrogens with one attached hydrogen (secondary N) is 2. The highest BCUT2D eigenvalue weighted by Crippen LogP contribution is 2.13. The van der Waals surface area contributed by atoms with Crippen LogP contribution < -0.4 is 10.6 Å². The van der Waals surface area contributed by atoms with Crippen LogP contribution in [-0.2, 0) is 17.8 Å². The van der Waals surface area contributed by atoms with Crippen LogP contribution in [0.5, 0.6) is 0 Å². The summed E-state index contributed by atoms with van der Waals surface area (Å²) in [7, 11) is 0. The molecule has 0 spiro atoms. The van der Waals surface area contributed by atoms with Gasteiger partial charge in [0.15, 0.2) is 11.6 Å². The highest BCUT2D eigenvalue weighted by atomic mass is 16.5. The molecule has 0 aromatic carbocycles. The second-order valence-corrected chi connectivity index (χ2v) is 6.28. The minimum atomic E-state index is -0.129. The Morgan fingerprint density at radius 3 is 3.00 bits per heavy atom. The summed E-state index contributed by atoms with van der Waals surface area (Å²) in [4.78, 5) is 18.6. The van der Waals surface area contributed by atoms with E-state index in [9.17, 15) is 4.79 Å². The number of nitrogens with zero attached hydrogens (tertiary/aromatic N) is 4. The third kappa shape index (κ3) is 5.10. The fourth-order valence-corrected chi connectivity index (χ4v) is 2.91. The first-order valence-corrected chi connectivity index (χ1v) is 8.62. The van der Waals surface area contributed by atoms with E-state index in [0.717, 1.165) is 38.2 Å². The van der Waals surface area contributed by atoms with Crippen molar-refractivity contribution in [2.45, 2.75) is 45.7 Å². The molecule has 1 aliphatic heterocycles. The van der Waals surface area contributed by atoms with E-state index in [2.05, 4.69) is 30.8 Å². The summed E-state index contributed by atoms with van der Waals surface area (Å²) < 4.78 is 10.1. The Morgan fingerprint density at radius 1 is 1.40 bits per heavy atom. The molecule has 1 amide bonds. The van der Waals surface area contributed by atoms with Crippen LogP contribution >= 0.6 is 0 Å². The van der Waals surface area contributed by atoms with Gasteiger partial charge in [-0.25, -0.2) is 0 Å². The Kier molecular flexibility index (Phi) is 5.77. The molecule has 9 heteroatoms. The molecule has 0 saturated carbocycles. The van der Waals surface area contributed by atoms with E-state index in [4.69, 9.17) is 9.05 Å². The number of aryl methyl sites for hydroxylation is 2. The van der Waals surface area contributed by atoms with Crippen LogP contribution in [0.4, 0.5) is 5.82 Å². The third-order valence-corrected chi connectivity index (χ3v) is 4.13. The molecule has 3 heterocycles. The van der Waals surface area contributed by atoms with E-state index in [1.165, 1.54) is 0 Å².